The van der Waals surface area contributed by atoms with Gasteiger partial charge >= 0.3 is 6.09 Å². The fourth-order valence-electron chi connectivity index (χ4n) is 1.92. The van der Waals surface area contributed by atoms with Crippen molar-refractivity contribution in [2.24, 2.45) is 5.73 Å². The second-order valence-corrected chi connectivity index (χ2v) is 6.04. The van der Waals surface area contributed by atoms with Crippen LogP contribution in [0.25, 0.3) is 0 Å². The summed E-state index contributed by atoms with van der Waals surface area (Å²) in [5, 5.41) is 8.87. The first-order valence-electron chi connectivity index (χ1n) is 6.88. The van der Waals surface area contributed by atoms with Gasteiger partial charge in [0.05, 0.1) is 6.61 Å². The van der Waals surface area contributed by atoms with E-state index < -0.39 is 5.60 Å². The van der Waals surface area contributed by atoms with E-state index in [1.54, 1.807) is 4.90 Å². The molecule has 19 heavy (non-hydrogen) atoms. The average molecular weight is 273 g/mol. The van der Waals surface area contributed by atoms with Gasteiger partial charge in [-0.2, -0.15) is 0 Å². The smallest absolute Gasteiger partial charge is 0.410 e. The third-order valence-electron chi connectivity index (χ3n) is 3.07. The van der Waals surface area contributed by atoms with Gasteiger partial charge in [-0.1, -0.05) is 0 Å². The predicted molar refractivity (Wildman–Crippen MR) is 73.9 cm³/mol. The van der Waals surface area contributed by atoms with Gasteiger partial charge in [0.2, 0.25) is 0 Å². The standard InChI is InChI=1S/C13H27N3O3/c1-13(2,3)19-12(18)16-8-6-15(7-9-16)5-4-11(14)10-17/h11,17H,4-10,14H2,1-3H3/t11-/m1/s1. The minimum Gasteiger partial charge on any atom is -0.444 e. The Morgan fingerprint density at radius 1 is 1.32 bits per heavy atom. The molecule has 0 aliphatic carbocycles. The van der Waals surface area contributed by atoms with Crippen LogP contribution in [0.1, 0.15) is 27.2 Å². The molecule has 0 aromatic heterocycles. The number of ether oxygens (including phenoxy) is 1. The summed E-state index contributed by atoms with van der Waals surface area (Å²) in [6, 6.07) is -0.149. The van der Waals surface area contributed by atoms with Gasteiger partial charge in [-0.3, -0.25) is 4.90 Å². The zero-order valence-electron chi connectivity index (χ0n) is 12.3. The first kappa shape index (κ1) is 16.2. The highest BCUT2D eigenvalue weighted by atomic mass is 16.6. The SMILES string of the molecule is CC(C)(C)OC(=O)N1CCN(CC[C@@H](N)CO)CC1. The van der Waals surface area contributed by atoms with Crippen LogP contribution in [0.4, 0.5) is 4.79 Å². The molecular formula is C13H27N3O3. The van der Waals surface area contributed by atoms with Gasteiger partial charge < -0.3 is 20.5 Å². The number of carbonyl (C=O) groups excluding carboxylic acids is 1. The molecule has 6 nitrogen and oxygen atoms in total. The Bertz CT molecular complexity index is 283. The Hall–Kier alpha value is -0.850. The lowest BCUT2D eigenvalue weighted by molar-refractivity contribution is 0.0142. The van der Waals surface area contributed by atoms with Crippen LogP contribution in [0.3, 0.4) is 0 Å². The molecule has 1 aliphatic rings. The third kappa shape index (κ3) is 6.22. The van der Waals surface area contributed by atoms with Crippen LogP contribution in [0.2, 0.25) is 0 Å². The number of nitrogens with two attached hydrogens (primary N) is 1. The van der Waals surface area contributed by atoms with Crippen LogP contribution in [0, 0.1) is 0 Å². The van der Waals surface area contributed by atoms with Gasteiger partial charge in [0, 0.05) is 32.2 Å². The van der Waals surface area contributed by atoms with Crippen molar-refractivity contribution in [1.82, 2.24) is 9.80 Å². The quantitative estimate of drug-likeness (QED) is 0.767. The number of aliphatic hydroxyl groups excluding tert-OH is 1. The minimum atomic E-state index is -0.442. The first-order valence-corrected chi connectivity index (χ1v) is 6.88. The number of aliphatic hydroxyl groups is 1. The van der Waals surface area contributed by atoms with Crippen molar-refractivity contribution in [3.05, 3.63) is 0 Å². The van der Waals surface area contributed by atoms with Crippen molar-refractivity contribution in [2.75, 3.05) is 39.3 Å². The molecule has 6 heteroatoms. The topological polar surface area (TPSA) is 79.0 Å². The number of carbonyl (C=O) groups is 1. The molecule has 1 rings (SSSR count). The number of hydrogen-bond acceptors (Lipinski definition) is 5. The summed E-state index contributed by atoms with van der Waals surface area (Å²) >= 11 is 0. The van der Waals surface area contributed by atoms with Crippen molar-refractivity contribution in [3.63, 3.8) is 0 Å². The van der Waals surface area contributed by atoms with Crippen LogP contribution in [-0.4, -0.2) is 72.0 Å². The lowest BCUT2D eigenvalue weighted by Gasteiger charge is -2.35. The Labute approximate surface area is 115 Å². The van der Waals surface area contributed by atoms with Gasteiger partial charge in [0.25, 0.3) is 0 Å². The maximum atomic E-state index is 11.9. The molecule has 1 saturated heterocycles. The Kier molecular flexibility index (Phi) is 6.03. The molecule has 1 fully saturated rings. The Morgan fingerprint density at radius 2 is 1.89 bits per heavy atom. The number of hydrogen-bond donors (Lipinski definition) is 2. The van der Waals surface area contributed by atoms with Crippen molar-refractivity contribution < 1.29 is 14.6 Å². The third-order valence-corrected chi connectivity index (χ3v) is 3.07. The van der Waals surface area contributed by atoms with Gasteiger partial charge in [0.15, 0.2) is 0 Å². The maximum Gasteiger partial charge on any atom is 0.410 e. The van der Waals surface area contributed by atoms with Crippen molar-refractivity contribution >= 4 is 6.09 Å². The van der Waals surface area contributed by atoms with Crippen LogP contribution in [0.15, 0.2) is 0 Å². The zero-order chi connectivity index (χ0) is 14.5. The summed E-state index contributed by atoms with van der Waals surface area (Å²) < 4.78 is 5.34. The summed E-state index contributed by atoms with van der Waals surface area (Å²) in [6.45, 7) is 9.54. The lowest BCUT2D eigenvalue weighted by atomic mass is 10.2. The fourth-order valence-corrected chi connectivity index (χ4v) is 1.92. The summed E-state index contributed by atoms with van der Waals surface area (Å²) in [4.78, 5) is 15.9. The molecular weight excluding hydrogens is 246 g/mol. The lowest BCUT2D eigenvalue weighted by Crippen LogP contribution is -2.50. The first-order chi connectivity index (χ1) is 8.81. The highest BCUT2D eigenvalue weighted by molar-refractivity contribution is 5.68. The normalized spacial score (nSPS) is 19.3. The summed E-state index contributed by atoms with van der Waals surface area (Å²) in [5.74, 6) is 0. The molecule has 0 aromatic rings. The van der Waals surface area contributed by atoms with Crippen LogP contribution < -0.4 is 5.73 Å². The fraction of sp³-hybridized carbons (Fsp3) is 0.923. The second-order valence-electron chi connectivity index (χ2n) is 6.04. The van der Waals surface area contributed by atoms with Gasteiger partial charge in [-0.15, -0.1) is 0 Å². The van der Waals surface area contributed by atoms with E-state index >= 15 is 0 Å². The molecule has 0 unspecified atom stereocenters. The Balaban J connectivity index is 2.27. The molecule has 1 aliphatic heterocycles. The number of amides is 1. The Morgan fingerprint density at radius 3 is 2.37 bits per heavy atom. The van der Waals surface area contributed by atoms with E-state index in [1.165, 1.54) is 0 Å². The van der Waals surface area contributed by atoms with Crippen LogP contribution >= 0.6 is 0 Å². The maximum absolute atomic E-state index is 11.9. The van der Waals surface area contributed by atoms with E-state index in [0.29, 0.717) is 13.1 Å². The molecule has 3 N–H and O–H groups in total. The van der Waals surface area contributed by atoms with Gasteiger partial charge in [-0.05, 0) is 33.7 Å². The molecule has 1 amide bonds. The van der Waals surface area contributed by atoms with Gasteiger partial charge in [-0.25, -0.2) is 4.79 Å². The van der Waals surface area contributed by atoms with Gasteiger partial charge in [0.1, 0.15) is 5.60 Å². The van der Waals surface area contributed by atoms with E-state index in [-0.39, 0.29) is 18.7 Å². The zero-order valence-corrected chi connectivity index (χ0v) is 12.3. The molecule has 1 atom stereocenters. The molecule has 0 saturated carbocycles. The summed E-state index contributed by atoms with van der Waals surface area (Å²) in [7, 11) is 0. The molecule has 0 aromatic carbocycles. The number of nitrogens with zero attached hydrogens (tertiary/aromatic N) is 2. The van der Waals surface area contributed by atoms with Crippen LogP contribution in [-0.2, 0) is 4.74 Å². The van der Waals surface area contributed by atoms with Crippen molar-refractivity contribution in [1.29, 1.82) is 0 Å². The summed E-state index contributed by atoms with van der Waals surface area (Å²) in [6.07, 6.45) is 0.544. The molecule has 0 bridgehead atoms. The monoisotopic (exact) mass is 273 g/mol. The van der Waals surface area contributed by atoms with E-state index in [1.807, 2.05) is 20.8 Å². The summed E-state index contributed by atoms with van der Waals surface area (Å²) in [5.41, 5.74) is 5.23. The van der Waals surface area contributed by atoms with E-state index in [2.05, 4.69) is 4.90 Å². The molecule has 112 valence electrons. The second kappa shape index (κ2) is 7.07. The molecule has 1 heterocycles. The minimum absolute atomic E-state index is 0.0257. The van der Waals surface area contributed by atoms with E-state index in [9.17, 15) is 4.79 Å². The largest absolute Gasteiger partial charge is 0.444 e. The highest BCUT2D eigenvalue weighted by Gasteiger charge is 2.25. The van der Waals surface area contributed by atoms with Crippen molar-refractivity contribution in [2.45, 2.75) is 38.8 Å². The van der Waals surface area contributed by atoms with E-state index in [0.717, 1.165) is 26.1 Å². The van der Waals surface area contributed by atoms with Crippen molar-refractivity contribution in [3.8, 4) is 0 Å². The average Bonchev–Trinajstić information content (AvgIpc) is 2.34. The van der Waals surface area contributed by atoms with Crippen LogP contribution in [0.5, 0.6) is 0 Å². The highest BCUT2D eigenvalue weighted by Crippen LogP contribution is 2.12. The van der Waals surface area contributed by atoms with E-state index in [4.69, 9.17) is 15.6 Å². The number of rotatable bonds is 4. The molecule has 0 radical (unpaired) electrons. The molecule has 0 spiro atoms. The predicted octanol–water partition coefficient (Wildman–Crippen LogP) is 0.249. The number of piperazine rings is 1.